The molecule has 2 aliphatic heterocycles. The van der Waals surface area contributed by atoms with Gasteiger partial charge in [0.1, 0.15) is 12.2 Å². The van der Waals surface area contributed by atoms with E-state index in [0.29, 0.717) is 0 Å². The Kier molecular flexibility index (Phi) is 4.84. The Morgan fingerprint density at radius 1 is 1.24 bits per heavy atom. The SMILES string of the molecule is COC(=O)c1cn2c(c(OCc3ccccc3)c1=O)C(=O)N1[C@H](C)C=CO[C@H]1C2. The van der Waals surface area contributed by atoms with Crippen molar-refractivity contribution in [1.29, 1.82) is 0 Å². The number of rotatable bonds is 4. The molecule has 8 heteroatoms. The number of carbonyl (C=O) groups excluding carboxylic acids is 2. The van der Waals surface area contributed by atoms with Crippen LogP contribution in [-0.4, -0.2) is 40.7 Å². The molecule has 0 unspecified atom stereocenters. The minimum Gasteiger partial charge on any atom is -0.483 e. The lowest BCUT2D eigenvalue weighted by Gasteiger charge is -2.41. The molecule has 0 saturated heterocycles. The standard InChI is InChI=1S/C21H20N2O6/c1-13-8-9-28-16-11-22-10-15(21(26)27-2)18(24)19(17(22)20(25)23(13)16)29-12-14-6-4-3-5-7-14/h3-10,13,16H,11-12H2,1-2H3/t13-,16+/m1/s1. The van der Waals surface area contributed by atoms with Crippen LogP contribution >= 0.6 is 0 Å². The van der Waals surface area contributed by atoms with E-state index in [1.165, 1.54) is 17.9 Å². The molecule has 2 aliphatic rings. The van der Waals surface area contributed by atoms with Crippen LogP contribution in [0.1, 0.15) is 33.3 Å². The van der Waals surface area contributed by atoms with Crippen LogP contribution in [0.15, 0.2) is 53.7 Å². The number of esters is 1. The molecule has 1 amide bonds. The molecule has 0 radical (unpaired) electrons. The fourth-order valence-electron chi connectivity index (χ4n) is 3.53. The quantitative estimate of drug-likeness (QED) is 0.734. The molecule has 2 aromatic rings. The summed E-state index contributed by atoms with van der Waals surface area (Å²) < 4.78 is 17.6. The van der Waals surface area contributed by atoms with E-state index >= 15 is 0 Å². The van der Waals surface area contributed by atoms with E-state index in [1.807, 2.05) is 37.3 Å². The number of ether oxygens (including phenoxy) is 3. The first kappa shape index (κ1) is 18.8. The predicted octanol–water partition coefficient (Wildman–Crippen LogP) is 1.93. The van der Waals surface area contributed by atoms with E-state index in [9.17, 15) is 14.4 Å². The van der Waals surface area contributed by atoms with Gasteiger partial charge in [-0.05, 0) is 18.6 Å². The molecule has 0 N–H and O–H groups in total. The number of nitrogens with zero attached hydrogens (tertiary/aromatic N) is 2. The predicted molar refractivity (Wildman–Crippen MR) is 102 cm³/mol. The molecule has 0 bridgehead atoms. The molecule has 0 aliphatic carbocycles. The second-order valence-corrected chi connectivity index (χ2v) is 6.84. The van der Waals surface area contributed by atoms with Crippen molar-refractivity contribution in [3.05, 3.63) is 75.9 Å². The Bertz CT molecular complexity index is 1040. The van der Waals surface area contributed by atoms with Gasteiger partial charge in [0.05, 0.1) is 26.0 Å². The lowest BCUT2D eigenvalue weighted by atomic mass is 10.1. The summed E-state index contributed by atoms with van der Waals surface area (Å²) >= 11 is 0. The van der Waals surface area contributed by atoms with E-state index in [4.69, 9.17) is 14.2 Å². The number of hydrogen-bond donors (Lipinski definition) is 0. The average Bonchev–Trinajstić information content (AvgIpc) is 2.73. The number of pyridine rings is 1. The van der Waals surface area contributed by atoms with E-state index < -0.39 is 23.5 Å². The van der Waals surface area contributed by atoms with Crippen molar-refractivity contribution in [3.63, 3.8) is 0 Å². The van der Waals surface area contributed by atoms with Gasteiger partial charge in [0.15, 0.2) is 17.7 Å². The lowest BCUT2D eigenvalue weighted by molar-refractivity contribution is -0.0419. The summed E-state index contributed by atoms with van der Waals surface area (Å²) in [5.41, 5.74) is 0.0559. The van der Waals surface area contributed by atoms with E-state index in [0.717, 1.165) is 5.56 Å². The number of hydrogen-bond acceptors (Lipinski definition) is 6. The largest absolute Gasteiger partial charge is 0.483 e. The van der Waals surface area contributed by atoms with Crippen LogP contribution < -0.4 is 10.2 Å². The summed E-state index contributed by atoms with van der Waals surface area (Å²) in [6.45, 7) is 2.20. The van der Waals surface area contributed by atoms with Gasteiger partial charge in [0.2, 0.25) is 5.43 Å². The fourth-order valence-corrected chi connectivity index (χ4v) is 3.53. The van der Waals surface area contributed by atoms with E-state index in [2.05, 4.69) is 0 Å². The highest BCUT2D eigenvalue weighted by molar-refractivity contribution is 5.98. The second kappa shape index (κ2) is 7.46. The maximum Gasteiger partial charge on any atom is 0.343 e. The Labute approximate surface area is 166 Å². The highest BCUT2D eigenvalue weighted by atomic mass is 16.5. The second-order valence-electron chi connectivity index (χ2n) is 6.84. The highest BCUT2D eigenvalue weighted by Crippen LogP contribution is 2.29. The van der Waals surface area contributed by atoms with Gasteiger partial charge in [-0.3, -0.25) is 14.5 Å². The Morgan fingerprint density at radius 2 is 2.00 bits per heavy atom. The van der Waals surface area contributed by atoms with E-state index in [1.54, 1.807) is 17.2 Å². The zero-order valence-corrected chi connectivity index (χ0v) is 16.0. The molecular weight excluding hydrogens is 376 g/mol. The maximum absolute atomic E-state index is 13.3. The van der Waals surface area contributed by atoms with Crippen molar-refractivity contribution >= 4 is 11.9 Å². The summed E-state index contributed by atoms with van der Waals surface area (Å²) in [4.78, 5) is 39.9. The molecule has 0 saturated carbocycles. The van der Waals surface area contributed by atoms with Gasteiger partial charge >= 0.3 is 5.97 Å². The van der Waals surface area contributed by atoms with Crippen molar-refractivity contribution in [2.75, 3.05) is 7.11 Å². The minimum atomic E-state index is -0.789. The van der Waals surface area contributed by atoms with Crippen LogP contribution in [0.3, 0.4) is 0 Å². The number of carbonyl (C=O) groups is 2. The average molecular weight is 396 g/mol. The third kappa shape index (κ3) is 3.26. The molecule has 1 aromatic heterocycles. The van der Waals surface area contributed by atoms with Crippen molar-refractivity contribution < 1.29 is 23.8 Å². The monoisotopic (exact) mass is 396 g/mol. The fraction of sp³-hybridized carbons (Fsp3) is 0.286. The number of methoxy groups -OCH3 is 1. The maximum atomic E-state index is 13.3. The van der Waals surface area contributed by atoms with Crippen molar-refractivity contribution in [2.45, 2.75) is 32.3 Å². The summed E-state index contributed by atoms with van der Waals surface area (Å²) in [7, 11) is 1.19. The minimum absolute atomic E-state index is 0.0797. The van der Waals surface area contributed by atoms with Gasteiger partial charge in [-0.15, -0.1) is 0 Å². The summed E-state index contributed by atoms with van der Waals surface area (Å²) in [6, 6.07) is 9.05. The van der Waals surface area contributed by atoms with Crippen LogP contribution in [0, 0.1) is 0 Å². The molecule has 150 valence electrons. The molecule has 2 atom stereocenters. The van der Waals surface area contributed by atoms with Crippen LogP contribution in [0.2, 0.25) is 0 Å². The van der Waals surface area contributed by atoms with Crippen molar-refractivity contribution in [3.8, 4) is 5.75 Å². The normalized spacial score (nSPS) is 19.8. The van der Waals surface area contributed by atoms with Crippen LogP contribution in [0.4, 0.5) is 0 Å². The summed E-state index contributed by atoms with van der Waals surface area (Å²) in [6.07, 6.45) is 4.11. The topological polar surface area (TPSA) is 87.1 Å². The van der Waals surface area contributed by atoms with Gasteiger partial charge in [-0.25, -0.2) is 4.79 Å². The highest BCUT2D eigenvalue weighted by Gasteiger charge is 2.40. The van der Waals surface area contributed by atoms with Gasteiger partial charge in [-0.2, -0.15) is 0 Å². The third-order valence-corrected chi connectivity index (χ3v) is 5.00. The molecular formula is C21H20N2O6. The van der Waals surface area contributed by atoms with Gasteiger partial charge < -0.3 is 18.8 Å². The van der Waals surface area contributed by atoms with Crippen LogP contribution in [0.25, 0.3) is 0 Å². The Hall–Kier alpha value is -3.55. The van der Waals surface area contributed by atoms with Crippen molar-refractivity contribution in [1.82, 2.24) is 9.47 Å². The number of aromatic nitrogens is 1. The van der Waals surface area contributed by atoms with Crippen LogP contribution in [-0.2, 0) is 22.6 Å². The van der Waals surface area contributed by atoms with Crippen LogP contribution in [0.5, 0.6) is 5.75 Å². The molecule has 3 heterocycles. The number of amides is 1. The first-order chi connectivity index (χ1) is 14.0. The first-order valence-corrected chi connectivity index (χ1v) is 9.18. The first-order valence-electron chi connectivity index (χ1n) is 9.18. The van der Waals surface area contributed by atoms with Crippen molar-refractivity contribution in [2.24, 2.45) is 0 Å². The summed E-state index contributed by atoms with van der Waals surface area (Å²) in [5.74, 6) is -1.35. The Balaban J connectivity index is 1.82. The zero-order valence-electron chi connectivity index (χ0n) is 16.0. The van der Waals surface area contributed by atoms with Gasteiger partial charge in [0, 0.05) is 6.20 Å². The molecule has 0 spiro atoms. The lowest BCUT2D eigenvalue weighted by Crippen LogP contribution is -2.54. The van der Waals surface area contributed by atoms with Gasteiger partial charge in [0.25, 0.3) is 5.91 Å². The number of benzene rings is 1. The Morgan fingerprint density at radius 3 is 2.72 bits per heavy atom. The van der Waals surface area contributed by atoms with E-state index in [-0.39, 0.29) is 36.2 Å². The summed E-state index contributed by atoms with van der Waals surface area (Å²) in [5, 5.41) is 0. The number of fused-ring (bicyclic) bond motifs is 2. The third-order valence-electron chi connectivity index (χ3n) is 5.00. The molecule has 4 rings (SSSR count). The smallest absolute Gasteiger partial charge is 0.343 e. The molecule has 29 heavy (non-hydrogen) atoms. The molecule has 1 aromatic carbocycles. The molecule has 0 fully saturated rings. The zero-order chi connectivity index (χ0) is 20.5. The van der Waals surface area contributed by atoms with Gasteiger partial charge in [-0.1, -0.05) is 30.3 Å². The molecule has 8 nitrogen and oxygen atoms in total.